The molecule has 0 bridgehead atoms. The molecule has 0 aliphatic carbocycles. The first-order valence-electron chi connectivity index (χ1n) is 7.78. The van der Waals surface area contributed by atoms with Crippen molar-refractivity contribution in [3.05, 3.63) is 64.7 Å². The first kappa shape index (κ1) is 17.2. The van der Waals surface area contributed by atoms with Gasteiger partial charge >= 0.3 is 5.97 Å². The van der Waals surface area contributed by atoms with Crippen molar-refractivity contribution < 1.29 is 13.9 Å². The topological polar surface area (TPSA) is 65.2 Å². The highest BCUT2D eigenvalue weighted by molar-refractivity contribution is 7.98. The van der Waals surface area contributed by atoms with E-state index in [1.165, 1.54) is 30.0 Å². The normalized spacial score (nSPS) is 10.7. The molecule has 1 heterocycles. The number of hydrogen-bond acceptors (Lipinski definition) is 6. The number of thioether (sulfide) groups is 1. The van der Waals surface area contributed by atoms with Crippen molar-refractivity contribution in [1.82, 2.24) is 10.2 Å². The quantitative estimate of drug-likeness (QED) is 0.499. The molecule has 0 aliphatic heterocycles. The van der Waals surface area contributed by atoms with E-state index in [9.17, 15) is 4.79 Å². The Balaban J connectivity index is 1.65. The fourth-order valence-electron chi connectivity index (χ4n) is 2.26. The van der Waals surface area contributed by atoms with Crippen LogP contribution in [-0.2, 0) is 10.5 Å². The van der Waals surface area contributed by atoms with Crippen LogP contribution in [0.5, 0.6) is 0 Å². The average Bonchev–Trinajstić information content (AvgIpc) is 3.11. The standard InChI is InChI=1S/C19H18N2O3S/c1-12-4-7-16(10-13(12)2)17-20-21-19(24-17)25-11-14-5-8-15(9-6-14)18(22)23-3/h4-10H,11H2,1-3H3. The maximum absolute atomic E-state index is 11.4. The summed E-state index contributed by atoms with van der Waals surface area (Å²) in [7, 11) is 1.37. The van der Waals surface area contributed by atoms with Crippen LogP contribution >= 0.6 is 11.8 Å². The number of hydrogen-bond donors (Lipinski definition) is 0. The van der Waals surface area contributed by atoms with Gasteiger partial charge in [-0.15, -0.1) is 10.2 Å². The summed E-state index contributed by atoms with van der Waals surface area (Å²) in [5.41, 5.74) is 4.93. The lowest BCUT2D eigenvalue weighted by Gasteiger charge is -2.02. The number of benzene rings is 2. The largest absolute Gasteiger partial charge is 0.465 e. The number of methoxy groups -OCH3 is 1. The minimum absolute atomic E-state index is 0.339. The zero-order valence-electron chi connectivity index (χ0n) is 14.3. The monoisotopic (exact) mass is 354 g/mol. The highest BCUT2D eigenvalue weighted by atomic mass is 32.2. The molecule has 0 saturated heterocycles. The number of rotatable bonds is 5. The van der Waals surface area contributed by atoms with Crippen LogP contribution in [0.2, 0.25) is 0 Å². The van der Waals surface area contributed by atoms with E-state index in [4.69, 9.17) is 4.42 Å². The van der Waals surface area contributed by atoms with Crippen LogP contribution < -0.4 is 0 Å². The molecule has 0 amide bonds. The van der Waals surface area contributed by atoms with Gasteiger partial charge in [0.25, 0.3) is 5.22 Å². The molecule has 5 nitrogen and oxygen atoms in total. The van der Waals surface area contributed by atoms with Gasteiger partial charge in [0, 0.05) is 11.3 Å². The SMILES string of the molecule is COC(=O)c1ccc(CSc2nnc(-c3ccc(C)c(C)c3)o2)cc1. The van der Waals surface area contributed by atoms with Crippen LogP contribution in [0, 0.1) is 13.8 Å². The summed E-state index contributed by atoms with van der Waals surface area (Å²) in [6, 6.07) is 13.3. The third kappa shape index (κ3) is 4.09. The van der Waals surface area contributed by atoms with Crippen LogP contribution in [0.15, 0.2) is 52.1 Å². The van der Waals surface area contributed by atoms with E-state index in [0.717, 1.165) is 11.1 Å². The van der Waals surface area contributed by atoms with Crippen molar-refractivity contribution in [2.24, 2.45) is 0 Å². The second kappa shape index (κ2) is 7.53. The summed E-state index contributed by atoms with van der Waals surface area (Å²) in [6.45, 7) is 4.13. The van der Waals surface area contributed by atoms with Crippen molar-refractivity contribution >= 4 is 17.7 Å². The molecular formula is C19H18N2O3S. The van der Waals surface area contributed by atoms with Gasteiger partial charge in [0.2, 0.25) is 5.89 Å². The van der Waals surface area contributed by atoms with Crippen molar-refractivity contribution in [2.75, 3.05) is 7.11 Å². The van der Waals surface area contributed by atoms with Crippen LogP contribution in [0.1, 0.15) is 27.0 Å². The summed E-state index contributed by atoms with van der Waals surface area (Å²) in [5, 5.41) is 8.73. The summed E-state index contributed by atoms with van der Waals surface area (Å²) in [5.74, 6) is 0.858. The van der Waals surface area contributed by atoms with Gasteiger partial charge in [-0.3, -0.25) is 0 Å². The smallest absolute Gasteiger partial charge is 0.337 e. The highest BCUT2D eigenvalue weighted by Gasteiger charge is 2.10. The second-order valence-electron chi connectivity index (χ2n) is 5.65. The molecular weight excluding hydrogens is 336 g/mol. The van der Waals surface area contributed by atoms with Crippen LogP contribution in [0.3, 0.4) is 0 Å². The maximum atomic E-state index is 11.4. The van der Waals surface area contributed by atoms with Gasteiger partial charge in [-0.25, -0.2) is 4.79 Å². The maximum Gasteiger partial charge on any atom is 0.337 e. The molecule has 0 N–H and O–H groups in total. The second-order valence-corrected chi connectivity index (χ2v) is 6.58. The Morgan fingerprint density at radius 1 is 1.08 bits per heavy atom. The minimum atomic E-state index is -0.339. The first-order valence-corrected chi connectivity index (χ1v) is 8.76. The van der Waals surface area contributed by atoms with Gasteiger partial charge in [-0.2, -0.15) is 0 Å². The number of esters is 1. The Bertz CT molecular complexity index is 888. The Kier molecular flexibility index (Phi) is 5.19. The van der Waals surface area contributed by atoms with Gasteiger partial charge in [0.05, 0.1) is 12.7 Å². The predicted octanol–water partition coefficient (Wildman–Crippen LogP) is 4.43. The molecule has 0 fully saturated rings. The van der Waals surface area contributed by atoms with E-state index in [-0.39, 0.29) is 5.97 Å². The Morgan fingerprint density at radius 3 is 2.52 bits per heavy atom. The van der Waals surface area contributed by atoms with E-state index >= 15 is 0 Å². The van der Waals surface area contributed by atoms with Gasteiger partial charge in [-0.1, -0.05) is 30.0 Å². The lowest BCUT2D eigenvalue weighted by molar-refractivity contribution is 0.0600. The number of ether oxygens (including phenoxy) is 1. The van der Waals surface area contributed by atoms with Gasteiger partial charge in [0.15, 0.2) is 0 Å². The van der Waals surface area contributed by atoms with E-state index in [0.29, 0.717) is 22.4 Å². The van der Waals surface area contributed by atoms with Crippen LogP contribution in [0.4, 0.5) is 0 Å². The molecule has 3 rings (SSSR count). The van der Waals surface area contributed by atoms with Crippen LogP contribution in [-0.4, -0.2) is 23.3 Å². The fourth-order valence-corrected chi connectivity index (χ4v) is 2.98. The number of nitrogens with zero attached hydrogens (tertiary/aromatic N) is 2. The first-order chi connectivity index (χ1) is 12.1. The molecule has 0 atom stereocenters. The highest BCUT2D eigenvalue weighted by Crippen LogP contribution is 2.26. The Morgan fingerprint density at radius 2 is 1.84 bits per heavy atom. The van der Waals surface area contributed by atoms with Crippen molar-refractivity contribution in [3.63, 3.8) is 0 Å². The summed E-state index contributed by atoms with van der Waals surface area (Å²) in [6.07, 6.45) is 0. The van der Waals surface area contributed by atoms with Crippen LogP contribution in [0.25, 0.3) is 11.5 Å². The van der Waals surface area contributed by atoms with Crippen molar-refractivity contribution in [2.45, 2.75) is 24.8 Å². The van der Waals surface area contributed by atoms with E-state index in [1.807, 2.05) is 30.3 Å². The Labute approximate surface area is 150 Å². The molecule has 1 aromatic heterocycles. The van der Waals surface area contributed by atoms with E-state index in [1.54, 1.807) is 12.1 Å². The number of carbonyl (C=O) groups excluding carboxylic acids is 1. The third-order valence-electron chi connectivity index (χ3n) is 3.90. The summed E-state index contributed by atoms with van der Waals surface area (Å²) >= 11 is 1.46. The zero-order chi connectivity index (χ0) is 17.8. The molecule has 0 unspecified atom stereocenters. The lowest BCUT2D eigenvalue weighted by atomic mass is 10.1. The summed E-state index contributed by atoms with van der Waals surface area (Å²) in [4.78, 5) is 11.4. The molecule has 0 aliphatic rings. The molecule has 0 radical (unpaired) electrons. The van der Waals surface area contributed by atoms with E-state index in [2.05, 4.69) is 28.8 Å². The molecule has 25 heavy (non-hydrogen) atoms. The minimum Gasteiger partial charge on any atom is -0.465 e. The van der Waals surface area contributed by atoms with Crippen molar-refractivity contribution in [1.29, 1.82) is 0 Å². The molecule has 2 aromatic carbocycles. The number of carbonyl (C=O) groups is 1. The molecule has 0 spiro atoms. The lowest BCUT2D eigenvalue weighted by Crippen LogP contribution is -2.00. The van der Waals surface area contributed by atoms with Gasteiger partial charge < -0.3 is 9.15 Å². The average molecular weight is 354 g/mol. The van der Waals surface area contributed by atoms with Crippen molar-refractivity contribution in [3.8, 4) is 11.5 Å². The molecule has 128 valence electrons. The predicted molar refractivity (Wildman–Crippen MR) is 96.6 cm³/mol. The summed E-state index contributed by atoms with van der Waals surface area (Å²) < 4.78 is 10.4. The molecule has 3 aromatic rings. The third-order valence-corrected chi connectivity index (χ3v) is 4.79. The number of aryl methyl sites for hydroxylation is 2. The zero-order valence-corrected chi connectivity index (χ0v) is 15.1. The molecule has 6 heteroatoms. The van der Waals surface area contributed by atoms with Gasteiger partial charge in [0.1, 0.15) is 0 Å². The van der Waals surface area contributed by atoms with E-state index < -0.39 is 0 Å². The fraction of sp³-hybridized carbons (Fsp3) is 0.211. The number of aromatic nitrogens is 2. The molecule has 0 saturated carbocycles. The Hall–Kier alpha value is -2.60. The van der Waals surface area contributed by atoms with Gasteiger partial charge in [-0.05, 0) is 54.8 Å².